The summed E-state index contributed by atoms with van der Waals surface area (Å²) in [5.41, 5.74) is -0.783. The van der Waals surface area contributed by atoms with Gasteiger partial charge in [-0.25, -0.2) is 4.98 Å². The van der Waals surface area contributed by atoms with Gasteiger partial charge in [0.25, 0.3) is 5.91 Å². The molecule has 0 radical (unpaired) electrons. The van der Waals surface area contributed by atoms with E-state index in [1.807, 2.05) is 6.07 Å². The van der Waals surface area contributed by atoms with Crippen molar-refractivity contribution in [2.24, 2.45) is 0 Å². The van der Waals surface area contributed by atoms with Crippen LogP contribution in [-0.4, -0.2) is 28.9 Å². The summed E-state index contributed by atoms with van der Waals surface area (Å²) in [6.45, 7) is 3.66. The normalized spacial score (nSPS) is 19.1. The number of halogens is 1. The summed E-state index contributed by atoms with van der Waals surface area (Å²) < 4.78 is 0.854. The lowest BCUT2D eigenvalue weighted by atomic mass is 9.99. The van der Waals surface area contributed by atoms with Gasteiger partial charge in [-0.2, -0.15) is 0 Å². The fraction of sp³-hybridized carbons (Fsp3) is 0.364. The molecule has 17 heavy (non-hydrogen) atoms. The van der Waals surface area contributed by atoms with Gasteiger partial charge in [-0.05, 0) is 41.9 Å². The molecule has 0 bridgehead atoms. The van der Waals surface area contributed by atoms with Crippen LogP contribution in [0.4, 0.5) is 5.82 Å². The van der Waals surface area contributed by atoms with Gasteiger partial charge >= 0.3 is 0 Å². The lowest BCUT2D eigenvalue weighted by molar-refractivity contribution is -0.135. The third kappa shape index (κ3) is 2.17. The summed E-state index contributed by atoms with van der Waals surface area (Å²) in [5.74, 6) is -0.00101. The Labute approximate surface area is 107 Å². The van der Waals surface area contributed by atoms with E-state index >= 15 is 0 Å². The first-order chi connectivity index (χ1) is 7.91. The number of piperazine rings is 1. The molecule has 0 atom stereocenters. The Kier molecular flexibility index (Phi) is 2.91. The highest BCUT2D eigenvalue weighted by molar-refractivity contribution is 9.10. The van der Waals surface area contributed by atoms with Gasteiger partial charge in [0.1, 0.15) is 11.4 Å². The van der Waals surface area contributed by atoms with Crippen LogP contribution >= 0.6 is 15.9 Å². The van der Waals surface area contributed by atoms with Crippen molar-refractivity contribution < 1.29 is 9.59 Å². The third-order valence-electron chi connectivity index (χ3n) is 2.77. The number of rotatable bonds is 1. The zero-order valence-electron chi connectivity index (χ0n) is 9.53. The molecule has 0 spiro atoms. The monoisotopic (exact) mass is 297 g/mol. The van der Waals surface area contributed by atoms with E-state index in [2.05, 4.69) is 26.2 Å². The summed E-state index contributed by atoms with van der Waals surface area (Å²) in [4.78, 5) is 29.1. The zero-order chi connectivity index (χ0) is 12.6. The molecule has 2 rings (SSSR count). The number of carbonyl (C=O) groups excluding carboxylic acids is 2. The molecule has 5 nitrogen and oxygen atoms in total. The van der Waals surface area contributed by atoms with Gasteiger partial charge in [-0.1, -0.05) is 0 Å². The zero-order valence-corrected chi connectivity index (χ0v) is 11.1. The number of anilines is 1. The van der Waals surface area contributed by atoms with Crippen molar-refractivity contribution in [1.82, 2.24) is 10.3 Å². The SMILES string of the molecule is CC1(C)C(=O)NC(=O)CN1c1ccc(Br)cn1. The first-order valence-electron chi connectivity index (χ1n) is 5.15. The van der Waals surface area contributed by atoms with E-state index in [9.17, 15) is 9.59 Å². The third-order valence-corrected chi connectivity index (χ3v) is 3.24. The molecule has 1 N–H and O–H groups in total. The molecule has 2 heterocycles. The number of nitrogens with one attached hydrogen (secondary N) is 1. The van der Waals surface area contributed by atoms with E-state index in [-0.39, 0.29) is 18.4 Å². The first kappa shape index (κ1) is 12.0. The van der Waals surface area contributed by atoms with Crippen molar-refractivity contribution in [1.29, 1.82) is 0 Å². The minimum Gasteiger partial charge on any atom is -0.333 e. The molecule has 90 valence electrons. The molecule has 6 heteroatoms. The van der Waals surface area contributed by atoms with Crippen LogP contribution in [0, 0.1) is 0 Å². The highest BCUT2D eigenvalue weighted by Gasteiger charge is 2.41. The van der Waals surface area contributed by atoms with Crippen LogP contribution < -0.4 is 10.2 Å². The quantitative estimate of drug-likeness (QED) is 0.788. The van der Waals surface area contributed by atoms with Crippen LogP contribution in [0.2, 0.25) is 0 Å². The fourth-order valence-electron chi connectivity index (χ4n) is 1.68. The second kappa shape index (κ2) is 4.10. The van der Waals surface area contributed by atoms with Crippen LogP contribution in [0.5, 0.6) is 0 Å². The summed E-state index contributed by atoms with van der Waals surface area (Å²) >= 11 is 3.29. The molecule has 1 fully saturated rings. The van der Waals surface area contributed by atoms with Crippen molar-refractivity contribution in [3.8, 4) is 0 Å². The smallest absolute Gasteiger partial charge is 0.251 e. The van der Waals surface area contributed by atoms with Gasteiger partial charge < -0.3 is 4.90 Å². The van der Waals surface area contributed by atoms with Crippen LogP contribution in [-0.2, 0) is 9.59 Å². The average molecular weight is 298 g/mol. The number of amides is 2. The molecular weight excluding hydrogens is 286 g/mol. The van der Waals surface area contributed by atoms with Gasteiger partial charge in [-0.15, -0.1) is 0 Å². The molecule has 1 aliphatic heterocycles. The van der Waals surface area contributed by atoms with Gasteiger partial charge in [0.05, 0.1) is 6.54 Å². The predicted octanol–water partition coefficient (Wildman–Crippen LogP) is 1.09. The van der Waals surface area contributed by atoms with Crippen molar-refractivity contribution in [2.75, 3.05) is 11.4 Å². The van der Waals surface area contributed by atoms with Crippen LogP contribution in [0.25, 0.3) is 0 Å². The largest absolute Gasteiger partial charge is 0.333 e. The molecule has 0 aromatic carbocycles. The second-order valence-electron chi connectivity index (χ2n) is 4.36. The Morgan fingerprint density at radius 1 is 1.41 bits per heavy atom. The Morgan fingerprint density at radius 2 is 2.12 bits per heavy atom. The number of hydrogen-bond donors (Lipinski definition) is 1. The Morgan fingerprint density at radius 3 is 2.71 bits per heavy atom. The maximum absolute atomic E-state index is 11.8. The fourth-order valence-corrected chi connectivity index (χ4v) is 1.91. The Balaban J connectivity index is 2.38. The maximum atomic E-state index is 11.8. The topological polar surface area (TPSA) is 62.3 Å². The molecule has 0 aliphatic carbocycles. The van der Waals surface area contributed by atoms with E-state index in [0.717, 1.165) is 4.47 Å². The number of carbonyl (C=O) groups is 2. The van der Waals surface area contributed by atoms with Gasteiger partial charge in [0.15, 0.2) is 0 Å². The maximum Gasteiger partial charge on any atom is 0.251 e. The standard InChI is InChI=1S/C11H12BrN3O2/c1-11(2)10(17)14-9(16)6-15(11)8-4-3-7(12)5-13-8/h3-5H,6H2,1-2H3,(H,14,16,17). The number of hydrogen-bond acceptors (Lipinski definition) is 4. The van der Waals surface area contributed by atoms with E-state index in [4.69, 9.17) is 0 Å². The summed E-state index contributed by atoms with van der Waals surface area (Å²) in [6.07, 6.45) is 1.64. The lowest BCUT2D eigenvalue weighted by Gasteiger charge is -2.40. The minimum atomic E-state index is -0.783. The molecule has 0 unspecified atom stereocenters. The molecule has 1 aromatic heterocycles. The summed E-state index contributed by atoms with van der Waals surface area (Å²) in [5, 5.41) is 2.32. The molecule has 1 saturated heterocycles. The molecule has 2 amide bonds. The summed E-state index contributed by atoms with van der Waals surface area (Å²) in [6, 6.07) is 3.60. The molecule has 1 aromatic rings. The molecular formula is C11H12BrN3O2. The number of nitrogens with zero attached hydrogens (tertiary/aromatic N) is 2. The van der Waals surface area contributed by atoms with Gasteiger partial charge in [0, 0.05) is 10.7 Å². The number of imide groups is 1. The average Bonchev–Trinajstić information content (AvgIpc) is 2.25. The van der Waals surface area contributed by atoms with Gasteiger partial charge in [-0.3, -0.25) is 14.9 Å². The van der Waals surface area contributed by atoms with E-state index in [1.165, 1.54) is 0 Å². The molecule has 1 aliphatic rings. The predicted molar refractivity (Wildman–Crippen MR) is 66.5 cm³/mol. The highest BCUT2D eigenvalue weighted by Crippen LogP contribution is 2.25. The highest BCUT2D eigenvalue weighted by atomic mass is 79.9. The number of pyridine rings is 1. The lowest BCUT2D eigenvalue weighted by Crippen LogP contribution is -2.64. The molecule has 0 saturated carbocycles. The van der Waals surface area contributed by atoms with Crippen molar-refractivity contribution in [3.05, 3.63) is 22.8 Å². The van der Waals surface area contributed by atoms with E-state index in [0.29, 0.717) is 5.82 Å². The van der Waals surface area contributed by atoms with Crippen LogP contribution in [0.3, 0.4) is 0 Å². The van der Waals surface area contributed by atoms with E-state index in [1.54, 1.807) is 31.0 Å². The number of aromatic nitrogens is 1. The van der Waals surface area contributed by atoms with Crippen molar-refractivity contribution >= 4 is 33.6 Å². The summed E-state index contributed by atoms with van der Waals surface area (Å²) in [7, 11) is 0. The van der Waals surface area contributed by atoms with Crippen LogP contribution in [0.15, 0.2) is 22.8 Å². The van der Waals surface area contributed by atoms with Crippen LogP contribution in [0.1, 0.15) is 13.8 Å². The Hall–Kier alpha value is -1.43. The van der Waals surface area contributed by atoms with Crippen molar-refractivity contribution in [2.45, 2.75) is 19.4 Å². The minimum absolute atomic E-state index is 0.132. The Bertz CT molecular complexity index is 470. The van der Waals surface area contributed by atoms with E-state index < -0.39 is 5.54 Å². The first-order valence-corrected chi connectivity index (χ1v) is 5.94. The van der Waals surface area contributed by atoms with Crippen molar-refractivity contribution in [3.63, 3.8) is 0 Å². The van der Waals surface area contributed by atoms with Gasteiger partial charge in [0.2, 0.25) is 5.91 Å². The second-order valence-corrected chi connectivity index (χ2v) is 5.27.